The molecule has 0 aliphatic heterocycles. The van der Waals surface area contributed by atoms with Gasteiger partial charge in [0, 0.05) is 0 Å². The number of rotatable bonds is 13. The number of nitrogens with one attached hydrogen (secondary N) is 1. The third-order valence-corrected chi connectivity index (χ3v) is 7.64. The highest BCUT2D eigenvalue weighted by molar-refractivity contribution is 7.56. The number of nitrogen functional groups attached to an aromatic ring is 1. The molecule has 37 heavy (non-hydrogen) atoms. The van der Waals surface area contributed by atoms with Gasteiger partial charge >= 0.3 is 11.9 Å². The Labute approximate surface area is 216 Å². The first-order valence-corrected chi connectivity index (χ1v) is 14.2. The van der Waals surface area contributed by atoms with Gasteiger partial charge in [-0.3, -0.25) is 9.36 Å². The zero-order valence-corrected chi connectivity index (χ0v) is 22.9. The molecule has 0 unspecified atom stereocenters. The molecule has 0 amide bonds. The number of hydrogen-bond donors (Lipinski definition) is 2. The van der Waals surface area contributed by atoms with Crippen LogP contribution >= 0.6 is 7.52 Å². The molecular weight excluding hydrogens is 503 g/mol. The van der Waals surface area contributed by atoms with Crippen LogP contribution in [0.5, 0.6) is 0 Å². The largest absolute Gasteiger partial charge is 0.461 e. The number of carbonyl (C=O) groups excluding carboxylic acids is 2. The van der Waals surface area contributed by atoms with Crippen LogP contribution in [0.3, 0.4) is 0 Å². The summed E-state index contributed by atoms with van der Waals surface area (Å²) in [4.78, 5) is 37.3. The topological polar surface area (TPSA) is 170 Å². The van der Waals surface area contributed by atoms with E-state index in [2.05, 4.69) is 20.0 Å². The lowest BCUT2D eigenvalue weighted by atomic mass is 10.1. The molecule has 0 aromatic carbocycles. The second-order valence-corrected chi connectivity index (χ2v) is 12.1. The zero-order valence-electron chi connectivity index (χ0n) is 22.0. The molecule has 0 spiro atoms. The number of hydrogen-bond acceptors (Lipinski definition) is 11. The van der Waals surface area contributed by atoms with Gasteiger partial charge in [0.25, 0.3) is 7.52 Å². The Bertz CT molecular complexity index is 1130. The predicted octanol–water partition coefficient (Wildman–Crippen LogP) is 2.79. The number of anilines is 1. The third-order valence-electron chi connectivity index (χ3n) is 5.71. The molecule has 2 aromatic heterocycles. The Morgan fingerprint density at radius 2 is 1.92 bits per heavy atom. The average Bonchev–Trinajstić information content (AvgIpc) is 3.47. The van der Waals surface area contributed by atoms with E-state index < -0.39 is 44.1 Å². The van der Waals surface area contributed by atoms with Gasteiger partial charge in [-0.15, -0.1) is 0 Å². The van der Waals surface area contributed by atoms with Gasteiger partial charge in [0.15, 0.2) is 18.1 Å². The number of imidazole rings is 1. The Balaban J connectivity index is 1.67. The number of fused-ring (bicyclic) bond motifs is 1. The summed E-state index contributed by atoms with van der Waals surface area (Å²) in [5.74, 6) is -0.971. The van der Waals surface area contributed by atoms with Gasteiger partial charge in [0.2, 0.25) is 0 Å². The lowest BCUT2D eigenvalue weighted by molar-refractivity contribution is -0.154. The molecule has 3 rings (SSSR count). The van der Waals surface area contributed by atoms with Crippen LogP contribution in [-0.2, 0) is 39.4 Å². The van der Waals surface area contributed by atoms with E-state index in [0.717, 1.165) is 25.7 Å². The van der Waals surface area contributed by atoms with Crippen LogP contribution in [-0.4, -0.2) is 68.3 Å². The molecule has 3 N–H and O–H groups in total. The minimum atomic E-state index is -3.88. The fourth-order valence-electron chi connectivity index (χ4n) is 3.92. The Hall–Kier alpha value is -2.60. The second-order valence-electron chi connectivity index (χ2n) is 9.97. The number of esters is 2. The molecule has 2 heterocycles. The van der Waals surface area contributed by atoms with Crippen LogP contribution < -0.4 is 10.8 Å². The normalized spacial score (nSPS) is 17.1. The molecule has 0 saturated heterocycles. The molecule has 1 saturated carbocycles. The third kappa shape index (κ3) is 8.19. The van der Waals surface area contributed by atoms with Crippen molar-refractivity contribution < 1.29 is 32.9 Å². The highest BCUT2D eigenvalue weighted by Gasteiger charge is 2.40. The van der Waals surface area contributed by atoms with E-state index in [0.29, 0.717) is 17.7 Å². The van der Waals surface area contributed by atoms with E-state index in [9.17, 15) is 14.2 Å². The zero-order chi connectivity index (χ0) is 27.2. The maximum atomic E-state index is 13.8. The highest BCUT2D eigenvalue weighted by Crippen LogP contribution is 2.45. The smallest absolute Gasteiger partial charge is 0.332 e. The maximum Gasteiger partial charge on any atom is 0.332 e. The van der Waals surface area contributed by atoms with Crippen LogP contribution in [0.15, 0.2) is 12.7 Å². The second kappa shape index (κ2) is 12.3. The fraction of sp³-hybridized carbons (Fsp3) is 0.696. The molecule has 1 aliphatic rings. The highest BCUT2D eigenvalue weighted by atomic mass is 31.2. The fourth-order valence-corrected chi connectivity index (χ4v) is 5.83. The van der Waals surface area contributed by atoms with E-state index in [4.69, 9.17) is 24.5 Å². The summed E-state index contributed by atoms with van der Waals surface area (Å²) >= 11 is 0. The molecule has 14 heteroatoms. The van der Waals surface area contributed by atoms with E-state index >= 15 is 0 Å². The summed E-state index contributed by atoms with van der Waals surface area (Å²) < 4.78 is 37.6. The molecule has 0 bridgehead atoms. The molecule has 2 atom stereocenters. The first-order chi connectivity index (χ1) is 17.4. The predicted molar refractivity (Wildman–Crippen MR) is 135 cm³/mol. The summed E-state index contributed by atoms with van der Waals surface area (Å²) in [6.45, 7) is 8.01. The molecular formula is C23H37N6O7P. The van der Waals surface area contributed by atoms with Crippen molar-refractivity contribution in [1.29, 1.82) is 0 Å². The Morgan fingerprint density at radius 1 is 1.22 bits per heavy atom. The van der Waals surface area contributed by atoms with E-state index in [1.807, 2.05) is 0 Å². The summed E-state index contributed by atoms with van der Waals surface area (Å²) in [6, 6.07) is 0. The molecule has 13 nitrogen and oxygen atoms in total. The van der Waals surface area contributed by atoms with E-state index in [1.54, 1.807) is 45.5 Å². The van der Waals surface area contributed by atoms with Gasteiger partial charge in [-0.1, -0.05) is 0 Å². The van der Waals surface area contributed by atoms with Crippen molar-refractivity contribution in [3.8, 4) is 0 Å². The maximum absolute atomic E-state index is 13.8. The van der Waals surface area contributed by atoms with Gasteiger partial charge < -0.3 is 29.0 Å². The average molecular weight is 541 g/mol. The lowest BCUT2D eigenvalue weighted by Gasteiger charge is -2.31. The number of aromatic nitrogens is 4. The Morgan fingerprint density at radius 3 is 2.59 bits per heavy atom. The Kier molecular flexibility index (Phi) is 9.63. The van der Waals surface area contributed by atoms with Crippen LogP contribution in [0.4, 0.5) is 5.82 Å². The van der Waals surface area contributed by atoms with Crippen LogP contribution in [0.25, 0.3) is 11.2 Å². The molecule has 1 aliphatic carbocycles. The van der Waals surface area contributed by atoms with Crippen molar-refractivity contribution in [2.24, 2.45) is 0 Å². The number of nitrogens with zero attached hydrogens (tertiary/aromatic N) is 4. The minimum absolute atomic E-state index is 0.158. The molecule has 0 radical (unpaired) electrons. The minimum Gasteiger partial charge on any atom is -0.461 e. The summed E-state index contributed by atoms with van der Waals surface area (Å²) in [5.41, 5.74) is 5.49. The molecule has 2 aromatic rings. The number of ether oxygens (including phenoxy) is 3. The van der Waals surface area contributed by atoms with E-state index in [-0.39, 0.29) is 18.0 Å². The van der Waals surface area contributed by atoms with Crippen LogP contribution in [0, 0.1) is 0 Å². The first-order valence-electron chi connectivity index (χ1n) is 12.3. The van der Waals surface area contributed by atoms with Crippen molar-refractivity contribution in [1.82, 2.24) is 24.6 Å². The van der Waals surface area contributed by atoms with Gasteiger partial charge in [0.1, 0.15) is 29.8 Å². The quantitative estimate of drug-likeness (QED) is 0.282. The molecule has 206 valence electrons. The van der Waals surface area contributed by atoms with Crippen molar-refractivity contribution in [3.63, 3.8) is 0 Å². The standard InChI is InChI=1S/C23H37N6O7P/c1-15(2)35-18(30)11-34-37(32,28-23(4,5)22(31)36-17-8-6-7-9-17)14-33-16(3)10-29-13-27-19-20(24)25-12-26-21(19)29/h12-13,15-17H,6-11,14H2,1-5H3,(H,28,32)(H2,24,25,26)/t16-,37-/m1/s1. The monoisotopic (exact) mass is 540 g/mol. The van der Waals surface area contributed by atoms with Crippen molar-refractivity contribution >= 4 is 36.4 Å². The summed E-state index contributed by atoms with van der Waals surface area (Å²) in [6.07, 6.45) is 5.12. The van der Waals surface area contributed by atoms with Crippen molar-refractivity contribution in [2.75, 3.05) is 18.7 Å². The summed E-state index contributed by atoms with van der Waals surface area (Å²) in [7, 11) is -3.88. The van der Waals surface area contributed by atoms with E-state index in [1.165, 1.54) is 6.33 Å². The number of nitrogens with two attached hydrogens (primary N) is 1. The van der Waals surface area contributed by atoms with Gasteiger partial charge in [-0.05, 0) is 60.3 Å². The van der Waals surface area contributed by atoms with Gasteiger partial charge in [-0.2, -0.15) is 0 Å². The van der Waals surface area contributed by atoms with Crippen LogP contribution in [0.2, 0.25) is 0 Å². The lowest BCUT2D eigenvalue weighted by Crippen LogP contribution is -2.48. The van der Waals surface area contributed by atoms with Crippen molar-refractivity contribution in [3.05, 3.63) is 12.7 Å². The van der Waals surface area contributed by atoms with Gasteiger partial charge in [0.05, 0.1) is 25.1 Å². The summed E-state index contributed by atoms with van der Waals surface area (Å²) in [5, 5.41) is 2.77. The first kappa shape index (κ1) is 29.0. The SMILES string of the molecule is CC(C)OC(=O)CO[P@](=O)(CO[C@H](C)Cn1cnc2c(N)ncnc21)NC(C)(C)C(=O)OC1CCCC1. The number of carbonyl (C=O) groups is 2. The van der Waals surface area contributed by atoms with Gasteiger partial charge in [-0.25, -0.2) is 24.8 Å². The van der Waals surface area contributed by atoms with Crippen molar-refractivity contribution in [2.45, 2.75) is 90.7 Å². The molecule has 1 fully saturated rings. The van der Waals surface area contributed by atoms with Crippen LogP contribution in [0.1, 0.15) is 60.3 Å².